The summed E-state index contributed by atoms with van der Waals surface area (Å²) in [6.45, 7) is 3.77. The summed E-state index contributed by atoms with van der Waals surface area (Å²) in [6, 6.07) is 22.9. The van der Waals surface area contributed by atoms with E-state index in [1.54, 1.807) is 30.3 Å². The minimum Gasteiger partial charge on any atom is -0.675 e. The molecule has 0 atom stereocenters. The highest BCUT2D eigenvalue weighted by Gasteiger charge is 2.10. The number of hydrogen-bond donors (Lipinski definition) is 2. The van der Waals surface area contributed by atoms with E-state index in [-0.39, 0.29) is 11.5 Å². The smallest absolute Gasteiger partial charge is 0.184 e. The number of phenolic OH excluding ortho intramolecular Hbond substituents is 2. The number of fused-ring (bicyclic) bond motifs is 2. The van der Waals surface area contributed by atoms with Gasteiger partial charge in [0.25, 0.3) is 0 Å². The zero-order valence-electron chi connectivity index (χ0n) is 15.1. The summed E-state index contributed by atoms with van der Waals surface area (Å²) in [5.41, 5.74) is 0. The van der Waals surface area contributed by atoms with Crippen LogP contribution in [0.5, 0.6) is 23.0 Å². The van der Waals surface area contributed by atoms with Crippen LogP contribution in [0.3, 0.4) is 0 Å². The van der Waals surface area contributed by atoms with Crippen LogP contribution >= 0.6 is 0 Å². The Balaban J connectivity index is 1.64. The molecule has 0 bridgehead atoms. The molecule has 0 saturated carbocycles. The second-order valence-electron chi connectivity index (χ2n) is 6.40. The molecule has 0 saturated heterocycles. The Morgan fingerprint density at radius 3 is 1.50 bits per heavy atom. The molecule has 0 aliphatic heterocycles. The molecule has 0 heterocycles. The predicted octanol–water partition coefficient (Wildman–Crippen LogP) is 5.54. The second-order valence-corrected chi connectivity index (χ2v) is 7.96. The quantitative estimate of drug-likeness (QED) is 0.337. The molecule has 28 heavy (non-hydrogen) atoms. The normalized spacial score (nSPS) is 11.0. The summed E-state index contributed by atoms with van der Waals surface area (Å²) >= 11 is 0. The summed E-state index contributed by atoms with van der Waals surface area (Å²) < 4.78 is 12.0. The number of aromatic hydroxyl groups is 2. The van der Waals surface area contributed by atoms with Gasteiger partial charge < -0.3 is 19.1 Å². The molecular formula is C23H19O4Si-. The fraction of sp³-hybridized carbons (Fsp3) is 0.0435. The van der Waals surface area contributed by atoms with Gasteiger partial charge in [-0.2, -0.15) is 0 Å². The average Bonchev–Trinajstić information content (AvgIpc) is 2.69. The second kappa shape index (κ2) is 7.66. The van der Waals surface area contributed by atoms with Gasteiger partial charge in [0, 0.05) is 0 Å². The summed E-state index contributed by atoms with van der Waals surface area (Å²) in [4.78, 5) is 0. The van der Waals surface area contributed by atoms with E-state index in [9.17, 15) is 10.2 Å². The first-order valence-corrected chi connectivity index (χ1v) is 10.4. The van der Waals surface area contributed by atoms with Gasteiger partial charge in [-0.1, -0.05) is 54.6 Å². The van der Waals surface area contributed by atoms with Gasteiger partial charge in [-0.25, -0.2) is 0 Å². The van der Waals surface area contributed by atoms with Crippen molar-refractivity contribution in [1.82, 2.24) is 0 Å². The fourth-order valence-corrected chi connectivity index (χ4v) is 4.31. The molecule has 5 heteroatoms. The zero-order valence-corrected chi connectivity index (χ0v) is 16.1. The van der Waals surface area contributed by atoms with Crippen molar-refractivity contribution in [3.63, 3.8) is 0 Å². The van der Waals surface area contributed by atoms with Crippen molar-refractivity contribution >= 4 is 30.8 Å². The van der Waals surface area contributed by atoms with Crippen LogP contribution in [0.15, 0.2) is 85.5 Å². The minimum atomic E-state index is -1.92. The van der Waals surface area contributed by atoms with Gasteiger partial charge in [0.05, 0.1) is 0 Å². The maximum absolute atomic E-state index is 10.3. The van der Waals surface area contributed by atoms with E-state index in [0.717, 1.165) is 21.5 Å². The molecule has 0 amide bonds. The SMILES string of the molecule is C=CC[Si-](Oc1cc2ccccc2cc1O)Oc1cc2ccccc2cc1O. The molecule has 0 radical (unpaired) electrons. The lowest BCUT2D eigenvalue weighted by atomic mass is 10.1. The Morgan fingerprint density at radius 1 is 0.714 bits per heavy atom. The van der Waals surface area contributed by atoms with Gasteiger partial charge in [-0.3, -0.25) is 0 Å². The average molecular weight is 387 g/mol. The molecule has 4 nitrogen and oxygen atoms in total. The van der Waals surface area contributed by atoms with Crippen LogP contribution in [0.25, 0.3) is 21.5 Å². The number of allylic oxidation sites excluding steroid dienone is 1. The minimum absolute atomic E-state index is 0.0524. The third kappa shape index (κ3) is 3.65. The van der Waals surface area contributed by atoms with Gasteiger partial charge in [-0.15, -0.1) is 12.7 Å². The van der Waals surface area contributed by atoms with Gasteiger partial charge in [-0.05, 0) is 45.8 Å². The molecule has 140 valence electrons. The largest absolute Gasteiger partial charge is 0.675 e. The standard InChI is InChI=1S/C23H19O4Si/c1-2-11-28(26-22-14-18-9-5-3-7-16(18)12-20(22)24)27-23-15-19-10-6-4-8-17(19)13-21(23)25/h2-10,12-15,24-25H,1,11H2/q-1. The van der Waals surface area contributed by atoms with E-state index < -0.39 is 9.28 Å². The lowest BCUT2D eigenvalue weighted by Crippen LogP contribution is -2.29. The Bertz CT molecular complexity index is 1070. The molecule has 4 aromatic rings. The van der Waals surface area contributed by atoms with E-state index in [0.29, 0.717) is 17.5 Å². The van der Waals surface area contributed by atoms with Crippen LogP contribution in [0.2, 0.25) is 6.04 Å². The van der Waals surface area contributed by atoms with Crippen molar-refractivity contribution in [3.05, 3.63) is 85.5 Å². The number of hydrogen-bond acceptors (Lipinski definition) is 4. The highest BCUT2D eigenvalue weighted by molar-refractivity contribution is 6.47. The van der Waals surface area contributed by atoms with Crippen LogP contribution in [0, 0.1) is 0 Å². The van der Waals surface area contributed by atoms with Crippen molar-refractivity contribution in [2.24, 2.45) is 0 Å². The van der Waals surface area contributed by atoms with Crippen molar-refractivity contribution in [3.8, 4) is 23.0 Å². The van der Waals surface area contributed by atoms with Crippen LogP contribution < -0.4 is 8.85 Å². The van der Waals surface area contributed by atoms with Crippen LogP contribution in [0.1, 0.15) is 0 Å². The highest BCUT2D eigenvalue weighted by Crippen LogP contribution is 2.35. The van der Waals surface area contributed by atoms with E-state index in [1.807, 2.05) is 48.5 Å². The molecule has 0 aliphatic carbocycles. The first kappa shape index (κ1) is 17.9. The maximum Gasteiger partial charge on any atom is 0.184 e. The zero-order chi connectivity index (χ0) is 19.5. The van der Waals surface area contributed by atoms with E-state index in [2.05, 4.69) is 6.58 Å². The van der Waals surface area contributed by atoms with Gasteiger partial charge in [0.2, 0.25) is 0 Å². The Morgan fingerprint density at radius 2 is 1.11 bits per heavy atom. The number of benzene rings is 4. The molecule has 0 aromatic heterocycles. The van der Waals surface area contributed by atoms with E-state index in [1.165, 1.54) is 0 Å². The van der Waals surface area contributed by atoms with Crippen molar-refractivity contribution in [1.29, 1.82) is 0 Å². The summed E-state index contributed by atoms with van der Waals surface area (Å²) in [5, 5.41) is 24.5. The summed E-state index contributed by atoms with van der Waals surface area (Å²) in [6.07, 6.45) is 1.71. The van der Waals surface area contributed by atoms with Crippen molar-refractivity contribution < 1.29 is 19.1 Å². The third-order valence-corrected chi connectivity index (χ3v) is 5.93. The van der Waals surface area contributed by atoms with Crippen molar-refractivity contribution in [2.45, 2.75) is 6.04 Å². The molecule has 0 aliphatic rings. The summed E-state index contributed by atoms with van der Waals surface area (Å²) in [7, 11) is -1.92. The van der Waals surface area contributed by atoms with Crippen LogP contribution in [0.4, 0.5) is 0 Å². The Labute approximate surface area is 164 Å². The fourth-order valence-electron chi connectivity index (χ4n) is 3.05. The van der Waals surface area contributed by atoms with Crippen LogP contribution in [-0.2, 0) is 0 Å². The van der Waals surface area contributed by atoms with Crippen LogP contribution in [-0.4, -0.2) is 19.5 Å². The van der Waals surface area contributed by atoms with E-state index in [4.69, 9.17) is 8.85 Å². The molecule has 0 unspecified atom stereocenters. The highest BCUT2D eigenvalue weighted by atomic mass is 28.3. The predicted molar refractivity (Wildman–Crippen MR) is 113 cm³/mol. The molecule has 0 spiro atoms. The topological polar surface area (TPSA) is 58.9 Å². The van der Waals surface area contributed by atoms with Gasteiger partial charge in [0.1, 0.15) is 11.5 Å². The van der Waals surface area contributed by atoms with Gasteiger partial charge >= 0.3 is 0 Å². The lowest BCUT2D eigenvalue weighted by Gasteiger charge is -2.32. The summed E-state index contributed by atoms with van der Waals surface area (Å²) in [5.74, 6) is 0.817. The molecule has 0 fully saturated rings. The number of rotatable bonds is 6. The Kier molecular flexibility index (Phi) is 4.91. The first-order valence-electron chi connectivity index (χ1n) is 8.90. The monoisotopic (exact) mass is 387 g/mol. The maximum atomic E-state index is 10.3. The first-order chi connectivity index (χ1) is 13.6. The number of phenols is 2. The third-order valence-electron chi connectivity index (χ3n) is 4.41. The Hall–Kier alpha value is -3.44. The molecule has 4 rings (SSSR count). The molecule has 4 aromatic carbocycles. The molecule has 2 N–H and O–H groups in total. The van der Waals surface area contributed by atoms with Gasteiger partial charge in [0.15, 0.2) is 20.8 Å². The lowest BCUT2D eigenvalue weighted by molar-refractivity contribution is 0.380. The van der Waals surface area contributed by atoms with Crippen molar-refractivity contribution in [2.75, 3.05) is 0 Å². The van der Waals surface area contributed by atoms with E-state index >= 15 is 0 Å². The molecular weight excluding hydrogens is 368 g/mol.